The predicted molar refractivity (Wildman–Crippen MR) is 116 cm³/mol. The van der Waals surface area contributed by atoms with E-state index in [9.17, 15) is 9.59 Å². The first-order valence-corrected chi connectivity index (χ1v) is 10.4. The summed E-state index contributed by atoms with van der Waals surface area (Å²) >= 11 is 6.06. The second-order valence-corrected chi connectivity index (χ2v) is 8.29. The molecule has 154 valence electrons. The number of carbonyl (C=O) groups is 2. The molecule has 0 aliphatic carbocycles. The molecule has 2 aliphatic rings. The molecule has 3 amide bonds. The Labute approximate surface area is 179 Å². The molecule has 1 spiro atoms. The number of urea groups is 1. The van der Waals surface area contributed by atoms with E-state index in [1.54, 1.807) is 12.1 Å². The van der Waals surface area contributed by atoms with Crippen molar-refractivity contribution in [3.63, 3.8) is 0 Å². The normalized spacial score (nSPS) is 18.2. The molecular formula is C22H22ClN5O2. The van der Waals surface area contributed by atoms with Gasteiger partial charge in [-0.2, -0.15) is 0 Å². The van der Waals surface area contributed by atoms with Crippen molar-refractivity contribution in [2.75, 3.05) is 18.1 Å². The largest absolute Gasteiger partial charge is 0.361 e. The number of likely N-dealkylation sites (tertiary alicyclic amines) is 1. The quantitative estimate of drug-likeness (QED) is 0.603. The molecule has 30 heavy (non-hydrogen) atoms. The van der Waals surface area contributed by atoms with Gasteiger partial charge in [0.05, 0.1) is 12.1 Å². The minimum atomic E-state index is -0.545. The second-order valence-electron chi connectivity index (χ2n) is 7.86. The number of nitrogens with one attached hydrogen (secondary N) is 3. The number of piperidine rings is 1. The molecule has 2 saturated heterocycles. The van der Waals surface area contributed by atoms with E-state index >= 15 is 0 Å². The van der Waals surface area contributed by atoms with Gasteiger partial charge < -0.3 is 15.2 Å². The van der Waals surface area contributed by atoms with Gasteiger partial charge in [0.25, 0.3) is 0 Å². The van der Waals surface area contributed by atoms with Gasteiger partial charge in [-0.05, 0) is 29.8 Å². The van der Waals surface area contributed by atoms with Crippen molar-refractivity contribution in [2.45, 2.75) is 24.9 Å². The van der Waals surface area contributed by atoms with Gasteiger partial charge in [0.15, 0.2) is 0 Å². The summed E-state index contributed by atoms with van der Waals surface area (Å²) in [6.07, 6.45) is 3.55. The maximum absolute atomic E-state index is 12.9. The summed E-state index contributed by atoms with van der Waals surface area (Å²) in [6.45, 7) is 1.16. The van der Waals surface area contributed by atoms with E-state index in [1.165, 1.54) is 5.01 Å². The van der Waals surface area contributed by atoms with Gasteiger partial charge in [-0.1, -0.05) is 35.9 Å². The zero-order valence-corrected chi connectivity index (χ0v) is 17.1. The van der Waals surface area contributed by atoms with E-state index in [1.807, 2.05) is 47.5 Å². The molecule has 7 nitrogen and oxygen atoms in total. The highest BCUT2D eigenvalue weighted by Gasteiger charge is 2.45. The third-order valence-electron chi connectivity index (χ3n) is 5.93. The number of hydrogen-bond donors (Lipinski definition) is 3. The van der Waals surface area contributed by atoms with Gasteiger partial charge in [-0.15, -0.1) is 0 Å². The molecule has 3 heterocycles. The molecule has 8 heteroatoms. The summed E-state index contributed by atoms with van der Waals surface area (Å²) in [4.78, 5) is 30.5. The Balaban J connectivity index is 1.24. The van der Waals surface area contributed by atoms with Gasteiger partial charge in [0.2, 0.25) is 5.91 Å². The molecule has 2 aromatic carbocycles. The minimum Gasteiger partial charge on any atom is -0.361 e. The van der Waals surface area contributed by atoms with Crippen molar-refractivity contribution in [3.8, 4) is 0 Å². The Morgan fingerprint density at radius 2 is 1.90 bits per heavy atom. The average Bonchev–Trinajstić information content (AvgIpc) is 3.29. The molecule has 3 N–H and O–H groups in total. The van der Waals surface area contributed by atoms with Crippen LogP contribution in [-0.2, 0) is 11.2 Å². The first kappa shape index (κ1) is 19.0. The number of hydrogen-bond acceptors (Lipinski definition) is 3. The fourth-order valence-corrected chi connectivity index (χ4v) is 4.46. The standard InChI is InChI=1S/C22H22ClN5O2/c23-16-4-3-5-17(13-16)28-21(30)25-22(26-28)8-10-27(11-9-22)20(29)12-15-14-24-19-7-2-1-6-18(15)19/h1-7,13-14,24,26H,8-12H2,(H,25,30). The number of hydrazine groups is 1. The van der Waals surface area contributed by atoms with Crippen LogP contribution in [0.2, 0.25) is 5.02 Å². The highest BCUT2D eigenvalue weighted by atomic mass is 35.5. The van der Waals surface area contributed by atoms with Crippen LogP contribution in [0.25, 0.3) is 10.9 Å². The van der Waals surface area contributed by atoms with Crippen LogP contribution < -0.4 is 15.8 Å². The number of carbonyl (C=O) groups excluding carboxylic acids is 2. The molecule has 3 aromatic rings. The molecule has 2 aliphatic heterocycles. The number of amides is 3. The third-order valence-corrected chi connectivity index (χ3v) is 6.16. The second kappa shape index (κ2) is 7.34. The van der Waals surface area contributed by atoms with Crippen LogP contribution in [-0.4, -0.2) is 40.6 Å². The van der Waals surface area contributed by atoms with E-state index < -0.39 is 5.66 Å². The Hall–Kier alpha value is -3.03. The van der Waals surface area contributed by atoms with Gasteiger partial charge in [-0.3, -0.25) is 4.79 Å². The van der Waals surface area contributed by atoms with Crippen molar-refractivity contribution < 1.29 is 9.59 Å². The van der Waals surface area contributed by atoms with Crippen LogP contribution in [0.1, 0.15) is 18.4 Å². The monoisotopic (exact) mass is 423 g/mol. The van der Waals surface area contributed by atoms with Gasteiger partial charge in [0.1, 0.15) is 5.66 Å². The zero-order valence-electron chi connectivity index (χ0n) is 16.3. The topological polar surface area (TPSA) is 80.5 Å². The van der Waals surface area contributed by atoms with Crippen LogP contribution >= 0.6 is 11.6 Å². The summed E-state index contributed by atoms with van der Waals surface area (Å²) < 4.78 is 0. The first-order valence-electron chi connectivity index (χ1n) is 10.0. The Morgan fingerprint density at radius 1 is 1.10 bits per heavy atom. The van der Waals surface area contributed by atoms with Crippen molar-refractivity contribution >= 4 is 40.1 Å². The average molecular weight is 424 g/mol. The highest BCUT2D eigenvalue weighted by molar-refractivity contribution is 6.30. The van der Waals surface area contributed by atoms with Crippen molar-refractivity contribution in [1.29, 1.82) is 0 Å². The van der Waals surface area contributed by atoms with Crippen LogP contribution in [0.15, 0.2) is 54.7 Å². The molecule has 0 bridgehead atoms. The number of para-hydroxylation sites is 1. The van der Waals surface area contributed by atoms with Gasteiger partial charge in [-0.25, -0.2) is 15.2 Å². The summed E-state index contributed by atoms with van der Waals surface area (Å²) in [5, 5.41) is 6.21. The van der Waals surface area contributed by atoms with E-state index in [-0.39, 0.29) is 11.9 Å². The van der Waals surface area contributed by atoms with Gasteiger partial charge >= 0.3 is 6.03 Å². The summed E-state index contributed by atoms with van der Waals surface area (Å²) in [5.74, 6) is 0.102. The van der Waals surface area contributed by atoms with Crippen LogP contribution in [0.3, 0.4) is 0 Å². The smallest absolute Gasteiger partial charge is 0.338 e. The Morgan fingerprint density at radius 3 is 2.70 bits per heavy atom. The number of H-pyrrole nitrogens is 1. The molecule has 2 fully saturated rings. The predicted octanol–water partition coefficient (Wildman–Crippen LogP) is 3.42. The molecule has 5 rings (SSSR count). The maximum Gasteiger partial charge on any atom is 0.338 e. The fraction of sp³-hybridized carbons (Fsp3) is 0.273. The highest BCUT2D eigenvalue weighted by Crippen LogP contribution is 2.29. The number of fused-ring (bicyclic) bond motifs is 1. The first-order chi connectivity index (χ1) is 14.5. The van der Waals surface area contributed by atoms with Crippen molar-refractivity contribution in [3.05, 3.63) is 65.3 Å². The lowest BCUT2D eigenvalue weighted by Gasteiger charge is -2.38. The number of benzene rings is 2. The lowest BCUT2D eigenvalue weighted by molar-refractivity contribution is -0.132. The molecule has 0 atom stereocenters. The molecule has 0 saturated carbocycles. The minimum absolute atomic E-state index is 0.102. The molecule has 0 radical (unpaired) electrons. The molecular weight excluding hydrogens is 402 g/mol. The van der Waals surface area contributed by atoms with Crippen LogP contribution in [0.5, 0.6) is 0 Å². The SMILES string of the molecule is O=C(Cc1c[nH]c2ccccc12)N1CCC2(CC1)NC(=O)N(c1cccc(Cl)c1)N2. The van der Waals surface area contributed by atoms with Crippen LogP contribution in [0, 0.1) is 0 Å². The van der Waals surface area contributed by atoms with Gasteiger partial charge in [0, 0.05) is 48.1 Å². The van der Waals surface area contributed by atoms with Crippen molar-refractivity contribution in [1.82, 2.24) is 20.6 Å². The summed E-state index contributed by atoms with van der Waals surface area (Å²) in [5.41, 5.74) is 5.49. The Kier molecular flexibility index (Phi) is 4.64. The zero-order chi connectivity index (χ0) is 20.7. The molecule has 0 unspecified atom stereocenters. The Bertz CT molecular complexity index is 1120. The molecule has 1 aromatic heterocycles. The number of aromatic amines is 1. The van der Waals surface area contributed by atoms with E-state index in [4.69, 9.17) is 11.6 Å². The third kappa shape index (κ3) is 3.40. The number of rotatable bonds is 3. The number of halogens is 1. The number of anilines is 1. The lowest BCUT2D eigenvalue weighted by Crippen LogP contribution is -2.58. The summed E-state index contributed by atoms with van der Waals surface area (Å²) in [6, 6.07) is 14.9. The fourth-order valence-electron chi connectivity index (χ4n) is 4.28. The lowest BCUT2D eigenvalue weighted by atomic mass is 9.97. The summed E-state index contributed by atoms with van der Waals surface area (Å²) in [7, 11) is 0. The number of nitrogens with zero attached hydrogens (tertiary/aromatic N) is 2. The van der Waals surface area contributed by atoms with E-state index in [0.717, 1.165) is 16.5 Å². The number of aromatic nitrogens is 1. The van der Waals surface area contributed by atoms with E-state index in [2.05, 4.69) is 15.7 Å². The van der Waals surface area contributed by atoms with E-state index in [0.29, 0.717) is 43.1 Å². The van der Waals surface area contributed by atoms with Crippen LogP contribution in [0.4, 0.5) is 10.5 Å². The van der Waals surface area contributed by atoms with Crippen molar-refractivity contribution in [2.24, 2.45) is 0 Å². The maximum atomic E-state index is 12.9.